The van der Waals surface area contributed by atoms with E-state index in [1.165, 1.54) is 31.3 Å². The summed E-state index contributed by atoms with van der Waals surface area (Å²) in [7, 11) is 1.47. The number of benzene rings is 1. The number of amides is 1. The second-order valence-corrected chi connectivity index (χ2v) is 3.01. The van der Waals surface area contributed by atoms with Crippen LogP contribution in [0.1, 0.15) is 10.4 Å². The van der Waals surface area contributed by atoms with Crippen molar-refractivity contribution < 1.29 is 22.7 Å². The Labute approximate surface area is 90.2 Å². The molecule has 1 N–H and O–H groups in total. The Morgan fingerprint density at radius 3 is 2.31 bits per heavy atom. The van der Waals surface area contributed by atoms with Crippen molar-refractivity contribution in [1.82, 2.24) is 5.32 Å². The molecule has 0 atom stereocenters. The molecule has 0 spiro atoms. The summed E-state index contributed by atoms with van der Waals surface area (Å²) in [6, 6.07) is 5.42. The molecule has 0 aromatic heterocycles. The molecule has 0 radical (unpaired) electrons. The maximum atomic E-state index is 11.8. The average molecular weight is 233 g/mol. The van der Waals surface area contributed by atoms with Crippen molar-refractivity contribution >= 4 is 5.91 Å². The van der Waals surface area contributed by atoms with Gasteiger partial charge >= 0.3 is 6.18 Å². The molecule has 1 aromatic rings. The molecule has 1 aromatic carbocycles. The van der Waals surface area contributed by atoms with E-state index in [2.05, 4.69) is 10.1 Å². The van der Waals surface area contributed by atoms with Crippen LogP contribution in [0.25, 0.3) is 0 Å². The van der Waals surface area contributed by atoms with E-state index >= 15 is 0 Å². The molecule has 0 bridgehead atoms. The molecule has 1 rings (SSSR count). The van der Waals surface area contributed by atoms with Crippen LogP contribution in [-0.4, -0.2) is 25.7 Å². The molecule has 0 aliphatic heterocycles. The molecule has 0 heterocycles. The first-order chi connectivity index (χ1) is 7.42. The van der Waals surface area contributed by atoms with Gasteiger partial charge in [-0.3, -0.25) is 4.79 Å². The monoisotopic (exact) mass is 233 g/mol. The van der Waals surface area contributed by atoms with E-state index < -0.39 is 12.8 Å². The van der Waals surface area contributed by atoms with E-state index in [1.807, 2.05) is 0 Å². The zero-order valence-corrected chi connectivity index (χ0v) is 8.47. The third-order valence-corrected chi connectivity index (χ3v) is 1.75. The summed E-state index contributed by atoms with van der Waals surface area (Å²) in [5.41, 5.74) is 0.363. The second-order valence-electron chi connectivity index (χ2n) is 3.01. The third-order valence-electron chi connectivity index (χ3n) is 1.75. The number of carbonyl (C=O) groups is 1. The van der Waals surface area contributed by atoms with Gasteiger partial charge in [0.2, 0.25) is 0 Å². The first-order valence-corrected chi connectivity index (χ1v) is 4.44. The highest BCUT2D eigenvalue weighted by atomic mass is 19.4. The fourth-order valence-corrected chi connectivity index (χ4v) is 1.01. The summed E-state index contributed by atoms with van der Waals surface area (Å²) in [5, 5.41) is 2.40. The molecule has 6 heteroatoms. The first kappa shape index (κ1) is 12.4. The van der Waals surface area contributed by atoms with E-state index in [4.69, 9.17) is 0 Å². The van der Waals surface area contributed by atoms with E-state index in [1.54, 1.807) is 0 Å². The Bertz CT molecular complexity index is 359. The minimum absolute atomic E-state index is 0.0741. The van der Waals surface area contributed by atoms with Gasteiger partial charge in [0.05, 0.1) is 0 Å². The largest absolute Gasteiger partial charge is 0.484 e. The lowest BCUT2D eigenvalue weighted by molar-refractivity contribution is -0.153. The van der Waals surface area contributed by atoms with Gasteiger partial charge in [0.1, 0.15) is 5.75 Å². The van der Waals surface area contributed by atoms with Crippen molar-refractivity contribution in [2.75, 3.05) is 13.7 Å². The van der Waals surface area contributed by atoms with Crippen molar-refractivity contribution in [2.24, 2.45) is 0 Å². The summed E-state index contributed by atoms with van der Waals surface area (Å²) in [6.07, 6.45) is -4.36. The molecule has 0 unspecified atom stereocenters. The molecule has 16 heavy (non-hydrogen) atoms. The molecule has 0 aliphatic carbocycles. The molecular formula is C10H10F3NO2. The zero-order valence-electron chi connectivity index (χ0n) is 8.47. The van der Waals surface area contributed by atoms with Gasteiger partial charge in [-0.15, -0.1) is 0 Å². The fourth-order valence-electron chi connectivity index (χ4n) is 1.01. The summed E-state index contributed by atoms with van der Waals surface area (Å²) in [4.78, 5) is 11.1. The van der Waals surface area contributed by atoms with Crippen LogP contribution < -0.4 is 10.1 Å². The summed E-state index contributed by atoms with van der Waals surface area (Å²) >= 11 is 0. The molecule has 0 fully saturated rings. The predicted molar refractivity (Wildman–Crippen MR) is 51.4 cm³/mol. The number of hydrogen-bond donors (Lipinski definition) is 1. The van der Waals surface area contributed by atoms with E-state index in [0.717, 1.165) is 0 Å². The quantitative estimate of drug-likeness (QED) is 0.866. The van der Waals surface area contributed by atoms with Gasteiger partial charge in [0, 0.05) is 12.6 Å². The van der Waals surface area contributed by atoms with E-state index in [9.17, 15) is 18.0 Å². The maximum Gasteiger partial charge on any atom is 0.422 e. The standard InChI is InChI=1S/C10H10F3NO2/c1-14-9(15)7-2-4-8(5-3-7)16-6-10(11,12)13/h2-5H,6H2,1H3,(H,14,15). The number of ether oxygens (including phenoxy) is 1. The maximum absolute atomic E-state index is 11.8. The second kappa shape index (κ2) is 4.87. The van der Waals surface area contributed by atoms with Gasteiger partial charge in [-0.05, 0) is 24.3 Å². The van der Waals surface area contributed by atoms with E-state index in [0.29, 0.717) is 5.56 Å². The molecule has 0 saturated heterocycles. The third kappa shape index (κ3) is 3.80. The average Bonchev–Trinajstić information content (AvgIpc) is 2.25. The van der Waals surface area contributed by atoms with Gasteiger partial charge in [0.15, 0.2) is 6.61 Å². The van der Waals surface area contributed by atoms with Crippen molar-refractivity contribution in [1.29, 1.82) is 0 Å². The molecule has 0 aliphatic rings. The van der Waals surface area contributed by atoms with Crippen molar-refractivity contribution in [3.05, 3.63) is 29.8 Å². The molecular weight excluding hydrogens is 223 g/mol. The SMILES string of the molecule is CNC(=O)c1ccc(OCC(F)(F)F)cc1. The van der Waals surface area contributed by atoms with Crippen molar-refractivity contribution in [3.8, 4) is 5.75 Å². The van der Waals surface area contributed by atoms with Crippen LogP contribution in [0, 0.1) is 0 Å². The Hall–Kier alpha value is -1.72. The van der Waals surface area contributed by atoms with Crippen LogP contribution >= 0.6 is 0 Å². The predicted octanol–water partition coefficient (Wildman–Crippen LogP) is 1.99. The Kier molecular flexibility index (Phi) is 3.76. The minimum atomic E-state index is -4.36. The van der Waals surface area contributed by atoms with Gasteiger partial charge in [-0.1, -0.05) is 0 Å². The number of alkyl halides is 3. The molecule has 88 valence electrons. The van der Waals surface area contributed by atoms with Crippen molar-refractivity contribution in [3.63, 3.8) is 0 Å². The lowest BCUT2D eigenvalue weighted by atomic mass is 10.2. The Morgan fingerprint density at radius 1 is 1.31 bits per heavy atom. The summed E-state index contributed by atoms with van der Waals surface area (Å²) in [5.74, 6) is -0.229. The summed E-state index contributed by atoms with van der Waals surface area (Å²) in [6.45, 7) is -1.34. The smallest absolute Gasteiger partial charge is 0.422 e. The first-order valence-electron chi connectivity index (χ1n) is 4.44. The van der Waals surface area contributed by atoms with Gasteiger partial charge < -0.3 is 10.1 Å². The van der Waals surface area contributed by atoms with Gasteiger partial charge in [0.25, 0.3) is 5.91 Å². The van der Waals surface area contributed by atoms with Gasteiger partial charge in [-0.2, -0.15) is 13.2 Å². The van der Waals surface area contributed by atoms with Crippen molar-refractivity contribution in [2.45, 2.75) is 6.18 Å². The number of carbonyl (C=O) groups excluding carboxylic acids is 1. The molecule has 1 amide bonds. The lowest BCUT2D eigenvalue weighted by Crippen LogP contribution is -2.19. The number of halogens is 3. The number of hydrogen-bond acceptors (Lipinski definition) is 2. The van der Waals surface area contributed by atoms with E-state index in [-0.39, 0.29) is 11.7 Å². The fraction of sp³-hybridized carbons (Fsp3) is 0.300. The van der Waals surface area contributed by atoms with Crippen LogP contribution in [0.4, 0.5) is 13.2 Å². The van der Waals surface area contributed by atoms with Crippen LogP contribution in [-0.2, 0) is 0 Å². The Balaban J connectivity index is 2.62. The van der Waals surface area contributed by atoms with Crippen LogP contribution in [0.2, 0.25) is 0 Å². The highest BCUT2D eigenvalue weighted by Crippen LogP contribution is 2.18. The van der Waals surface area contributed by atoms with Gasteiger partial charge in [-0.25, -0.2) is 0 Å². The lowest BCUT2D eigenvalue weighted by Gasteiger charge is -2.09. The molecule has 3 nitrogen and oxygen atoms in total. The molecule has 0 saturated carbocycles. The topological polar surface area (TPSA) is 38.3 Å². The minimum Gasteiger partial charge on any atom is -0.484 e. The van der Waals surface area contributed by atoms with Crippen LogP contribution in [0.3, 0.4) is 0 Å². The Morgan fingerprint density at radius 2 is 1.88 bits per heavy atom. The highest BCUT2D eigenvalue weighted by Gasteiger charge is 2.28. The summed E-state index contributed by atoms with van der Waals surface area (Å²) < 4.78 is 39.9. The number of nitrogens with one attached hydrogen (secondary N) is 1. The zero-order chi connectivity index (χ0) is 12.2. The highest BCUT2D eigenvalue weighted by molar-refractivity contribution is 5.94. The number of rotatable bonds is 3. The van der Waals surface area contributed by atoms with Crippen LogP contribution in [0.15, 0.2) is 24.3 Å². The van der Waals surface area contributed by atoms with Crippen LogP contribution in [0.5, 0.6) is 5.75 Å². The normalized spacial score (nSPS) is 11.0.